The van der Waals surface area contributed by atoms with Crippen LogP contribution in [0.15, 0.2) is 18.2 Å². The molecule has 2 nitrogen and oxygen atoms in total. The molecular weight excluding hydrogens is 241 g/mol. The van der Waals surface area contributed by atoms with E-state index in [1.54, 1.807) is 6.07 Å². The molecule has 0 aromatic heterocycles. The van der Waals surface area contributed by atoms with Gasteiger partial charge in [0, 0.05) is 12.0 Å². The Bertz CT molecular complexity index is 402. The molecular formula is C16H26FNO. The maximum Gasteiger partial charge on any atom is 0.123 e. The maximum absolute atomic E-state index is 13.0. The Morgan fingerprint density at radius 1 is 1.32 bits per heavy atom. The van der Waals surface area contributed by atoms with Gasteiger partial charge in [0.2, 0.25) is 0 Å². The molecule has 0 atom stereocenters. The van der Waals surface area contributed by atoms with Crippen LogP contribution in [0.4, 0.5) is 4.39 Å². The van der Waals surface area contributed by atoms with Crippen LogP contribution < -0.4 is 10.1 Å². The number of hydrogen-bond acceptors (Lipinski definition) is 2. The van der Waals surface area contributed by atoms with E-state index in [0.29, 0.717) is 12.5 Å². The van der Waals surface area contributed by atoms with Crippen LogP contribution in [-0.2, 0) is 0 Å². The number of halogens is 1. The van der Waals surface area contributed by atoms with Gasteiger partial charge in [0.15, 0.2) is 0 Å². The minimum absolute atomic E-state index is 0.0513. The molecule has 0 saturated carbocycles. The van der Waals surface area contributed by atoms with Crippen molar-refractivity contribution in [3.05, 3.63) is 29.6 Å². The van der Waals surface area contributed by atoms with Gasteiger partial charge in [-0.25, -0.2) is 4.39 Å². The molecule has 0 aliphatic heterocycles. The van der Waals surface area contributed by atoms with E-state index in [1.807, 2.05) is 6.92 Å². The monoisotopic (exact) mass is 267 g/mol. The Morgan fingerprint density at radius 2 is 2.00 bits per heavy atom. The summed E-state index contributed by atoms with van der Waals surface area (Å²) in [5, 5.41) is 3.45. The Labute approximate surface area is 116 Å². The van der Waals surface area contributed by atoms with Gasteiger partial charge in [0.1, 0.15) is 11.6 Å². The van der Waals surface area contributed by atoms with E-state index in [0.717, 1.165) is 24.4 Å². The number of aryl methyl sites for hydroxylation is 1. The van der Waals surface area contributed by atoms with Gasteiger partial charge in [-0.15, -0.1) is 0 Å². The van der Waals surface area contributed by atoms with Gasteiger partial charge in [-0.05, 0) is 43.1 Å². The first-order valence-electron chi connectivity index (χ1n) is 6.90. The van der Waals surface area contributed by atoms with Crippen molar-refractivity contribution in [1.29, 1.82) is 0 Å². The van der Waals surface area contributed by atoms with Crippen molar-refractivity contribution in [2.45, 2.75) is 34.6 Å². The van der Waals surface area contributed by atoms with Crippen molar-refractivity contribution in [1.82, 2.24) is 5.32 Å². The Kier molecular flexibility index (Phi) is 5.80. The second kappa shape index (κ2) is 6.90. The van der Waals surface area contributed by atoms with Crippen LogP contribution in [0.2, 0.25) is 0 Å². The Morgan fingerprint density at radius 3 is 2.58 bits per heavy atom. The van der Waals surface area contributed by atoms with Crippen LogP contribution in [0, 0.1) is 24.1 Å². The van der Waals surface area contributed by atoms with Crippen LogP contribution in [0.25, 0.3) is 0 Å². The van der Waals surface area contributed by atoms with Crippen LogP contribution in [0.5, 0.6) is 5.75 Å². The molecule has 108 valence electrons. The molecule has 0 fully saturated rings. The molecule has 0 spiro atoms. The van der Waals surface area contributed by atoms with Gasteiger partial charge in [0.05, 0.1) is 6.61 Å². The third-order valence-corrected chi connectivity index (χ3v) is 2.91. The summed E-state index contributed by atoms with van der Waals surface area (Å²) >= 11 is 0. The van der Waals surface area contributed by atoms with Gasteiger partial charge >= 0.3 is 0 Å². The lowest BCUT2D eigenvalue weighted by molar-refractivity contribution is 0.174. The summed E-state index contributed by atoms with van der Waals surface area (Å²) in [6.45, 7) is 13.1. The highest BCUT2D eigenvalue weighted by Crippen LogP contribution is 2.22. The highest BCUT2D eigenvalue weighted by Gasteiger charge is 2.19. The summed E-state index contributed by atoms with van der Waals surface area (Å²) in [4.78, 5) is 0. The molecule has 1 rings (SSSR count). The first-order chi connectivity index (χ1) is 8.80. The molecule has 0 heterocycles. The molecule has 0 radical (unpaired) electrons. The summed E-state index contributed by atoms with van der Waals surface area (Å²) in [6.07, 6.45) is 0. The van der Waals surface area contributed by atoms with Gasteiger partial charge in [-0.2, -0.15) is 0 Å². The summed E-state index contributed by atoms with van der Waals surface area (Å²) < 4.78 is 18.8. The minimum atomic E-state index is -0.220. The third kappa shape index (κ3) is 6.06. The highest BCUT2D eigenvalue weighted by atomic mass is 19.1. The van der Waals surface area contributed by atoms with Gasteiger partial charge in [-0.3, -0.25) is 0 Å². The molecule has 0 saturated heterocycles. The molecule has 1 N–H and O–H groups in total. The van der Waals surface area contributed by atoms with E-state index in [9.17, 15) is 4.39 Å². The first-order valence-corrected chi connectivity index (χ1v) is 6.90. The van der Waals surface area contributed by atoms with Crippen molar-refractivity contribution in [2.75, 3.05) is 19.7 Å². The summed E-state index contributed by atoms with van der Waals surface area (Å²) in [6, 6.07) is 4.63. The van der Waals surface area contributed by atoms with Crippen molar-refractivity contribution in [3.8, 4) is 5.75 Å². The van der Waals surface area contributed by atoms with Crippen molar-refractivity contribution >= 4 is 0 Å². The lowest BCUT2D eigenvalue weighted by Gasteiger charge is -2.26. The number of rotatable bonds is 7. The quantitative estimate of drug-likeness (QED) is 0.811. The zero-order valence-corrected chi connectivity index (χ0v) is 12.7. The standard InChI is InChI=1S/C16H26FNO/c1-12(2)9-18-10-16(4,5)11-19-15-7-6-14(17)8-13(15)3/h6-8,12,18H,9-11H2,1-5H3. The molecule has 1 aromatic carbocycles. The number of benzene rings is 1. The lowest BCUT2D eigenvalue weighted by Crippen LogP contribution is -2.35. The first kappa shape index (κ1) is 16.0. The molecule has 0 aliphatic rings. The fourth-order valence-corrected chi connectivity index (χ4v) is 1.80. The van der Waals surface area contributed by atoms with Crippen molar-refractivity contribution in [2.24, 2.45) is 11.3 Å². The molecule has 0 amide bonds. The van der Waals surface area contributed by atoms with E-state index >= 15 is 0 Å². The SMILES string of the molecule is Cc1cc(F)ccc1OCC(C)(C)CNCC(C)C. The average molecular weight is 267 g/mol. The molecule has 0 bridgehead atoms. The van der Waals surface area contributed by atoms with Crippen LogP contribution in [0.3, 0.4) is 0 Å². The second-order valence-electron chi connectivity index (χ2n) is 6.39. The molecule has 1 aromatic rings. The number of ether oxygens (including phenoxy) is 1. The molecule has 0 unspecified atom stereocenters. The summed E-state index contributed by atoms with van der Waals surface area (Å²) in [5.41, 5.74) is 0.890. The van der Waals surface area contributed by atoms with Crippen LogP contribution in [0.1, 0.15) is 33.3 Å². The largest absolute Gasteiger partial charge is 0.493 e. The zero-order valence-electron chi connectivity index (χ0n) is 12.7. The van der Waals surface area contributed by atoms with Gasteiger partial charge in [0.25, 0.3) is 0 Å². The molecule has 3 heteroatoms. The number of nitrogens with one attached hydrogen (secondary N) is 1. The van der Waals surface area contributed by atoms with E-state index in [4.69, 9.17) is 4.74 Å². The molecule has 19 heavy (non-hydrogen) atoms. The molecule has 0 aliphatic carbocycles. The predicted molar refractivity (Wildman–Crippen MR) is 78.1 cm³/mol. The fourth-order valence-electron chi connectivity index (χ4n) is 1.80. The van der Waals surface area contributed by atoms with E-state index in [1.165, 1.54) is 12.1 Å². The predicted octanol–water partition coefficient (Wildman–Crippen LogP) is 3.78. The maximum atomic E-state index is 13.0. The van der Waals surface area contributed by atoms with E-state index in [-0.39, 0.29) is 11.2 Å². The highest BCUT2D eigenvalue weighted by molar-refractivity contribution is 5.32. The zero-order chi connectivity index (χ0) is 14.5. The van der Waals surface area contributed by atoms with E-state index in [2.05, 4.69) is 33.0 Å². The van der Waals surface area contributed by atoms with E-state index < -0.39 is 0 Å². The summed E-state index contributed by atoms with van der Waals surface area (Å²) in [5.74, 6) is 1.19. The Hall–Kier alpha value is -1.09. The smallest absolute Gasteiger partial charge is 0.123 e. The Balaban J connectivity index is 2.45. The lowest BCUT2D eigenvalue weighted by atomic mass is 9.94. The minimum Gasteiger partial charge on any atom is -0.493 e. The van der Waals surface area contributed by atoms with Crippen LogP contribution in [-0.4, -0.2) is 19.7 Å². The average Bonchev–Trinajstić information content (AvgIpc) is 2.27. The topological polar surface area (TPSA) is 21.3 Å². The van der Waals surface area contributed by atoms with Gasteiger partial charge < -0.3 is 10.1 Å². The normalized spacial score (nSPS) is 11.9. The third-order valence-electron chi connectivity index (χ3n) is 2.91. The summed E-state index contributed by atoms with van der Waals surface area (Å²) in [7, 11) is 0. The van der Waals surface area contributed by atoms with Crippen molar-refractivity contribution in [3.63, 3.8) is 0 Å². The van der Waals surface area contributed by atoms with Gasteiger partial charge in [-0.1, -0.05) is 27.7 Å². The van der Waals surface area contributed by atoms with Crippen LogP contribution >= 0.6 is 0 Å². The fraction of sp³-hybridized carbons (Fsp3) is 0.625. The number of hydrogen-bond donors (Lipinski definition) is 1. The van der Waals surface area contributed by atoms with Crippen molar-refractivity contribution < 1.29 is 9.13 Å². The second-order valence-corrected chi connectivity index (χ2v) is 6.39.